The number of aromatic nitrogens is 3. The molecule has 37 heavy (non-hydrogen) atoms. The smallest absolute Gasteiger partial charge is 0.407 e. The van der Waals surface area contributed by atoms with E-state index in [1.165, 1.54) is 10.5 Å². The second kappa shape index (κ2) is 9.54. The molecule has 1 aromatic carbocycles. The Kier molecular flexibility index (Phi) is 6.53. The molecule has 2 fully saturated rings. The van der Waals surface area contributed by atoms with Gasteiger partial charge < -0.3 is 24.5 Å². The van der Waals surface area contributed by atoms with E-state index in [-0.39, 0.29) is 5.92 Å². The fraction of sp³-hybridized carbons (Fsp3) is 0.500. The van der Waals surface area contributed by atoms with Crippen LogP contribution >= 0.6 is 0 Å². The van der Waals surface area contributed by atoms with Crippen molar-refractivity contribution in [2.24, 2.45) is 11.3 Å². The minimum absolute atomic E-state index is 0.156. The number of benzene rings is 1. The lowest BCUT2D eigenvalue weighted by molar-refractivity contribution is -0.127. The second-order valence-corrected chi connectivity index (χ2v) is 11.3. The highest BCUT2D eigenvalue weighted by atomic mass is 16.5. The molecule has 2 aliphatic heterocycles. The van der Waals surface area contributed by atoms with Crippen molar-refractivity contribution in [3.05, 3.63) is 65.3 Å². The third-order valence-electron chi connectivity index (χ3n) is 8.01. The first kappa shape index (κ1) is 25.4. The minimum atomic E-state index is -1.26. The monoisotopic (exact) mass is 505 g/mol. The van der Waals surface area contributed by atoms with Gasteiger partial charge in [0.25, 0.3) is 0 Å². The first-order valence-corrected chi connectivity index (χ1v) is 12.9. The Morgan fingerprint density at radius 3 is 2.57 bits per heavy atom. The highest BCUT2D eigenvalue weighted by molar-refractivity contribution is 5.65. The number of aliphatic hydroxyl groups is 1. The zero-order valence-corrected chi connectivity index (χ0v) is 21.9. The summed E-state index contributed by atoms with van der Waals surface area (Å²) < 4.78 is 5.51. The Bertz CT molecular complexity index is 1270. The number of hydrogen-bond acceptors (Lipinski definition) is 7. The van der Waals surface area contributed by atoms with E-state index >= 15 is 0 Å². The van der Waals surface area contributed by atoms with Gasteiger partial charge in [-0.15, -0.1) is 0 Å². The molecule has 2 N–H and O–H groups in total. The average Bonchev–Trinajstić information content (AvgIpc) is 3.53. The zero-order valence-electron chi connectivity index (χ0n) is 21.9. The van der Waals surface area contributed by atoms with Crippen molar-refractivity contribution in [3.63, 3.8) is 0 Å². The zero-order chi connectivity index (χ0) is 26.4. The van der Waals surface area contributed by atoms with Crippen LogP contribution in [0.2, 0.25) is 0 Å². The van der Waals surface area contributed by atoms with Gasteiger partial charge in [-0.05, 0) is 42.5 Å². The van der Waals surface area contributed by atoms with Gasteiger partial charge in [-0.3, -0.25) is 4.98 Å². The Balaban J connectivity index is 1.44. The lowest BCUT2D eigenvalue weighted by Crippen LogP contribution is -2.63. The van der Waals surface area contributed by atoms with E-state index in [9.17, 15) is 15.0 Å². The summed E-state index contributed by atoms with van der Waals surface area (Å²) in [6.45, 7) is 8.93. The lowest BCUT2D eigenvalue weighted by Gasteiger charge is -2.55. The molecule has 0 aliphatic carbocycles. The topological polar surface area (TPSA) is 116 Å². The molecule has 196 valence electrons. The van der Waals surface area contributed by atoms with Crippen LogP contribution in [0, 0.1) is 11.3 Å². The molecular weight excluding hydrogens is 470 g/mol. The van der Waals surface area contributed by atoms with Gasteiger partial charge >= 0.3 is 6.09 Å². The van der Waals surface area contributed by atoms with Gasteiger partial charge in [-0.25, -0.2) is 4.79 Å². The molecule has 1 amide bonds. The number of pyridine rings is 1. The highest BCUT2D eigenvalue weighted by Gasteiger charge is 2.55. The van der Waals surface area contributed by atoms with E-state index in [0.717, 1.165) is 25.1 Å². The minimum Gasteiger partial charge on any atom is -0.465 e. The Labute approximate surface area is 217 Å². The molecule has 4 heterocycles. The molecule has 0 spiro atoms. The summed E-state index contributed by atoms with van der Waals surface area (Å²) in [6, 6.07) is 10.1. The van der Waals surface area contributed by atoms with E-state index in [1.54, 1.807) is 12.4 Å². The van der Waals surface area contributed by atoms with Gasteiger partial charge in [-0.2, -0.15) is 4.98 Å². The Morgan fingerprint density at radius 2 is 1.95 bits per heavy atom. The van der Waals surface area contributed by atoms with Crippen LogP contribution in [0.3, 0.4) is 0 Å². The van der Waals surface area contributed by atoms with Gasteiger partial charge in [0.2, 0.25) is 11.7 Å². The molecular formula is C28H35N5O4. The third kappa shape index (κ3) is 4.62. The van der Waals surface area contributed by atoms with Crippen molar-refractivity contribution in [2.75, 3.05) is 33.2 Å². The van der Waals surface area contributed by atoms with Crippen LogP contribution in [0.4, 0.5) is 4.79 Å². The maximum absolute atomic E-state index is 12.4. The number of carbonyl (C=O) groups is 1. The molecule has 3 aromatic rings. The molecule has 2 aromatic heterocycles. The van der Waals surface area contributed by atoms with E-state index in [2.05, 4.69) is 60.0 Å². The molecule has 0 saturated carbocycles. The average molecular weight is 506 g/mol. The Morgan fingerprint density at radius 1 is 1.22 bits per heavy atom. The second-order valence-electron chi connectivity index (χ2n) is 11.3. The maximum atomic E-state index is 12.4. The van der Waals surface area contributed by atoms with Crippen molar-refractivity contribution in [2.45, 2.75) is 45.1 Å². The first-order valence-electron chi connectivity index (χ1n) is 12.9. The van der Waals surface area contributed by atoms with Crippen LogP contribution in [0.5, 0.6) is 0 Å². The van der Waals surface area contributed by atoms with Crippen molar-refractivity contribution >= 4 is 6.09 Å². The lowest BCUT2D eigenvalue weighted by atomic mass is 9.62. The largest absolute Gasteiger partial charge is 0.465 e. The summed E-state index contributed by atoms with van der Waals surface area (Å²) in [5.74, 6) is 1.44. The van der Waals surface area contributed by atoms with Gasteiger partial charge in [-0.1, -0.05) is 50.2 Å². The molecule has 0 unspecified atom stereocenters. The molecule has 5 rings (SSSR count). The van der Waals surface area contributed by atoms with Gasteiger partial charge in [0.1, 0.15) is 5.60 Å². The van der Waals surface area contributed by atoms with Crippen LogP contribution in [-0.4, -0.2) is 74.5 Å². The van der Waals surface area contributed by atoms with E-state index < -0.39 is 17.1 Å². The molecule has 9 nitrogen and oxygen atoms in total. The normalized spacial score (nSPS) is 21.1. The summed E-state index contributed by atoms with van der Waals surface area (Å²) >= 11 is 0. The molecule has 2 saturated heterocycles. The van der Waals surface area contributed by atoms with Gasteiger partial charge in [0.15, 0.2) is 0 Å². The van der Waals surface area contributed by atoms with E-state index in [1.807, 2.05) is 18.2 Å². The van der Waals surface area contributed by atoms with Crippen LogP contribution in [0.15, 0.2) is 47.2 Å². The highest BCUT2D eigenvalue weighted by Crippen LogP contribution is 2.50. The number of rotatable bonds is 7. The fourth-order valence-corrected chi connectivity index (χ4v) is 5.98. The van der Waals surface area contributed by atoms with Crippen LogP contribution < -0.4 is 0 Å². The molecule has 0 radical (unpaired) electrons. The van der Waals surface area contributed by atoms with Crippen LogP contribution in [0.1, 0.15) is 55.7 Å². The van der Waals surface area contributed by atoms with Crippen molar-refractivity contribution in [1.82, 2.24) is 24.9 Å². The van der Waals surface area contributed by atoms with E-state index in [4.69, 9.17) is 4.52 Å². The quantitative estimate of drug-likeness (QED) is 0.495. The number of carboxylic acid groups (broad SMARTS) is 1. The predicted molar refractivity (Wildman–Crippen MR) is 138 cm³/mol. The number of nitrogens with zero attached hydrogens (tertiary/aromatic N) is 5. The summed E-state index contributed by atoms with van der Waals surface area (Å²) in [4.78, 5) is 23.9. The number of amides is 1. The predicted octanol–water partition coefficient (Wildman–Crippen LogP) is 3.99. The fourth-order valence-electron chi connectivity index (χ4n) is 5.98. The standard InChI is InChI=1S/C28H35N5O4/c1-18(2)20-5-7-22(8-6-20)28(36,27(3)16-32(4)17-27)23-12-21(13-29-14-23)25-30-24(37-31-25)11-19-9-10-33(15-19)26(34)35/h5-8,12-14,18-19,36H,9-11,15-17H2,1-4H3,(H,34,35)/t19-,28+/m1/s1. The SMILES string of the molecule is CC(C)c1ccc([C@](O)(c2cncc(-c3noc(C[C@H]4CCN(C(=O)O)C4)n3)c2)C2(C)CN(C)C2)cc1. The van der Waals surface area contributed by atoms with Crippen LogP contribution in [-0.2, 0) is 12.0 Å². The summed E-state index contributed by atoms with van der Waals surface area (Å²) in [6.07, 6.45) is 3.81. The molecule has 2 aliphatic rings. The molecule has 9 heteroatoms. The van der Waals surface area contributed by atoms with Crippen LogP contribution in [0.25, 0.3) is 11.4 Å². The van der Waals surface area contributed by atoms with Gasteiger partial charge in [0, 0.05) is 61.5 Å². The number of hydrogen-bond donors (Lipinski definition) is 2. The Hall–Kier alpha value is -3.30. The summed E-state index contributed by atoms with van der Waals surface area (Å²) in [7, 11) is 2.06. The van der Waals surface area contributed by atoms with Gasteiger partial charge in [0.05, 0.1) is 0 Å². The summed E-state index contributed by atoms with van der Waals surface area (Å²) in [5.41, 5.74) is 1.76. The number of likely N-dealkylation sites (tertiary alicyclic amines) is 2. The maximum Gasteiger partial charge on any atom is 0.407 e. The first-order chi connectivity index (χ1) is 17.6. The van der Waals surface area contributed by atoms with Crippen molar-refractivity contribution < 1.29 is 19.5 Å². The third-order valence-corrected chi connectivity index (χ3v) is 8.01. The van der Waals surface area contributed by atoms with Crippen molar-refractivity contribution in [1.29, 1.82) is 0 Å². The summed E-state index contributed by atoms with van der Waals surface area (Å²) in [5, 5.41) is 25.8. The van der Waals surface area contributed by atoms with E-state index in [0.29, 0.717) is 48.3 Å². The van der Waals surface area contributed by atoms with Crippen molar-refractivity contribution in [3.8, 4) is 11.4 Å². The molecule has 2 atom stereocenters. The molecule has 0 bridgehead atoms.